The molecular weight excluding hydrogens is 224 g/mol. The molecule has 0 aliphatic carbocycles. The number of aromatic nitrogens is 2. The Labute approximate surface area is 111 Å². The molecule has 1 N–H and O–H groups in total. The Hall–Kier alpha value is -1.16. The van der Waals surface area contributed by atoms with Crippen molar-refractivity contribution in [2.24, 2.45) is 5.92 Å². The number of hydrogen-bond acceptors (Lipinski definition) is 4. The molecule has 0 amide bonds. The zero-order chi connectivity index (χ0) is 13.5. The summed E-state index contributed by atoms with van der Waals surface area (Å²) in [5.41, 5.74) is 1.13. The lowest BCUT2D eigenvalue weighted by Crippen LogP contribution is -2.26. The highest BCUT2D eigenvalue weighted by molar-refractivity contribution is 5.28. The fourth-order valence-corrected chi connectivity index (χ4v) is 1.64. The van der Waals surface area contributed by atoms with Gasteiger partial charge >= 0.3 is 0 Å². The minimum atomic E-state index is 0.484. The molecule has 1 atom stereocenters. The van der Waals surface area contributed by atoms with Gasteiger partial charge in [0, 0.05) is 44.1 Å². The van der Waals surface area contributed by atoms with Crippen molar-refractivity contribution in [2.75, 3.05) is 18.5 Å². The highest BCUT2D eigenvalue weighted by Gasteiger charge is 2.08. The summed E-state index contributed by atoms with van der Waals surface area (Å²) in [6.45, 7) is 10.6. The van der Waals surface area contributed by atoms with Gasteiger partial charge in [0.1, 0.15) is 0 Å². The first-order valence-corrected chi connectivity index (χ1v) is 6.78. The number of nitrogens with one attached hydrogen (secondary N) is 1. The third-order valence-corrected chi connectivity index (χ3v) is 3.03. The summed E-state index contributed by atoms with van der Waals surface area (Å²) in [4.78, 5) is 11.0. The number of rotatable bonds is 7. The molecule has 1 heterocycles. The molecule has 18 heavy (non-hydrogen) atoms. The Morgan fingerprint density at radius 3 is 2.33 bits per heavy atom. The van der Waals surface area contributed by atoms with Crippen LogP contribution in [0.25, 0.3) is 0 Å². The van der Waals surface area contributed by atoms with Gasteiger partial charge in [0.2, 0.25) is 5.95 Å². The molecule has 4 heteroatoms. The molecule has 102 valence electrons. The quantitative estimate of drug-likeness (QED) is 0.807. The van der Waals surface area contributed by atoms with Crippen molar-refractivity contribution in [1.29, 1.82) is 0 Å². The summed E-state index contributed by atoms with van der Waals surface area (Å²) in [5, 5.41) is 3.36. The van der Waals surface area contributed by atoms with Crippen molar-refractivity contribution in [3.05, 3.63) is 18.0 Å². The fraction of sp³-hybridized carbons (Fsp3) is 0.714. The van der Waals surface area contributed by atoms with Crippen molar-refractivity contribution < 1.29 is 0 Å². The molecule has 1 rings (SSSR count). The Kier molecular flexibility index (Phi) is 6.05. The maximum atomic E-state index is 4.42. The molecule has 0 bridgehead atoms. The van der Waals surface area contributed by atoms with Gasteiger partial charge in [0.15, 0.2) is 0 Å². The first-order chi connectivity index (χ1) is 8.52. The van der Waals surface area contributed by atoms with E-state index in [1.807, 2.05) is 19.4 Å². The van der Waals surface area contributed by atoms with E-state index in [4.69, 9.17) is 0 Å². The highest BCUT2D eigenvalue weighted by atomic mass is 15.2. The topological polar surface area (TPSA) is 41.1 Å². The SMILES string of the molecule is CCC(C)CN(C)c1ncc(CNC(C)C)cn1. The molecule has 0 saturated carbocycles. The van der Waals surface area contributed by atoms with Gasteiger partial charge < -0.3 is 10.2 Å². The fourth-order valence-electron chi connectivity index (χ4n) is 1.64. The molecule has 0 spiro atoms. The predicted molar refractivity (Wildman–Crippen MR) is 76.7 cm³/mol. The zero-order valence-electron chi connectivity index (χ0n) is 12.3. The standard InChI is InChI=1S/C14H26N4/c1-6-12(4)10-18(5)14-16-8-13(9-17-14)7-15-11(2)3/h8-9,11-12,15H,6-7,10H2,1-5H3. The lowest BCUT2D eigenvalue weighted by atomic mass is 10.1. The van der Waals surface area contributed by atoms with E-state index in [-0.39, 0.29) is 0 Å². The molecule has 0 aliphatic rings. The van der Waals surface area contributed by atoms with E-state index in [1.165, 1.54) is 6.42 Å². The second kappa shape index (κ2) is 7.31. The van der Waals surface area contributed by atoms with Crippen LogP contribution in [0, 0.1) is 5.92 Å². The van der Waals surface area contributed by atoms with Crippen LogP contribution in [0.2, 0.25) is 0 Å². The first-order valence-electron chi connectivity index (χ1n) is 6.78. The van der Waals surface area contributed by atoms with Crippen molar-refractivity contribution in [1.82, 2.24) is 15.3 Å². The van der Waals surface area contributed by atoms with Gasteiger partial charge in [0.05, 0.1) is 0 Å². The summed E-state index contributed by atoms with van der Waals surface area (Å²) < 4.78 is 0. The molecule has 4 nitrogen and oxygen atoms in total. The average molecular weight is 250 g/mol. The van der Waals surface area contributed by atoms with Gasteiger partial charge in [0.25, 0.3) is 0 Å². The molecule has 1 aromatic heterocycles. The maximum absolute atomic E-state index is 4.42. The summed E-state index contributed by atoms with van der Waals surface area (Å²) >= 11 is 0. The van der Waals surface area contributed by atoms with Crippen molar-refractivity contribution in [2.45, 2.75) is 46.7 Å². The molecular formula is C14H26N4. The highest BCUT2D eigenvalue weighted by Crippen LogP contribution is 2.09. The summed E-state index contributed by atoms with van der Waals surface area (Å²) in [5.74, 6) is 1.48. The Morgan fingerprint density at radius 1 is 1.22 bits per heavy atom. The van der Waals surface area contributed by atoms with Crippen LogP contribution in [0.3, 0.4) is 0 Å². The molecule has 1 aromatic rings. The summed E-state index contributed by atoms with van der Waals surface area (Å²) in [7, 11) is 2.05. The van der Waals surface area contributed by atoms with Gasteiger partial charge in [-0.1, -0.05) is 34.1 Å². The van der Waals surface area contributed by atoms with Crippen LogP contribution in [0.15, 0.2) is 12.4 Å². The Morgan fingerprint density at radius 2 is 1.83 bits per heavy atom. The van der Waals surface area contributed by atoms with E-state index >= 15 is 0 Å². The van der Waals surface area contributed by atoms with Gasteiger partial charge in [-0.05, 0) is 5.92 Å². The molecule has 1 unspecified atom stereocenters. The number of hydrogen-bond donors (Lipinski definition) is 1. The van der Waals surface area contributed by atoms with Crippen LogP contribution in [0.4, 0.5) is 5.95 Å². The predicted octanol–water partition coefficient (Wildman–Crippen LogP) is 2.46. The van der Waals surface area contributed by atoms with Crippen LogP contribution in [0.5, 0.6) is 0 Å². The minimum Gasteiger partial charge on any atom is -0.344 e. The Balaban J connectivity index is 2.53. The Bertz CT molecular complexity index is 334. The summed E-state index contributed by atoms with van der Waals surface area (Å²) in [6.07, 6.45) is 5.00. The van der Waals surface area contributed by atoms with Crippen molar-refractivity contribution >= 4 is 5.95 Å². The maximum Gasteiger partial charge on any atom is 0.225 e. The molecule has 0 aliphatic heterocycles. The molecule has 0 aromatic carbocycles. The van der Waals surface area contributed by atoms with E-state index in [9.17, 15) is 0 Å². The van der Waals surface area contributed by atoms with Crippen LogP contribution in [-0.2, 0) is 6.54 Å². The van der Waals surface area contributed by atoms with Crippen LogP contribution in [-0.4, -0.2) is 29.6 Å². The van der Waals surface area contributed by atoms with Gasteiger partial charge in [-0.15, -0.1) is 0 Å². The minimum absolute atomic E-state index is 0.484. The van der Waals surface area contributed by atoms with Gasteiger partial charge in [-0.25, -0.2) is 9.97 Å². The van der Waals surface area contributed by atoms with E-state index in [2.05, 4.69) is 47.9 Å². The second-order valence-corrected chi connectivity index (χ2v) is 5.32. The number of anilines is 1. The van der Waals surface area contributed by atoms with Crippen LogP contribution in [0.1, 0.15) is 39.7 Å². The molecule has 0 saturated heterocycles. The van der Waals surface area contributed by atoms with E-state index in [0.717, 1.165) is 24.6 Å². The van der Waals surface area contributed by atoms with E-state index in [1.54, 1.807) is 0 Å². The average Bonchev–Trinajstić information content (AvgIpc) is 2.36. The second-order valence-electron chi connectivity index (χ2n) is 5.32. The van der Waals surface area contributed by atoms with Crippen molar-refractivity contribution in [3.63, 3.8) is 0 Å². The van der Waals surface area contributed by atoms with Crippen LogP contribution < -0.4 is 10.2 Å². The summed E-state index contributed by atoms with van der Waals surface area (Å²) in [6, 6.07) is 0.484. The van der Waals surface area contributed by atoms with E-state index < -0.39 is 0 Å². The van der Waals surface area contributed by atoms with Crippen LogP contribution >= 0.6 is 0 Å². The van der Waals surface area contributed by atoms with Gasteiger partial charge in [-0.2, -0.15) is 0 Å². The van der Waals surface area contributed by atoms with E-state index in [0.29, 0.717) is 12.0 Å². The lowest BCUT2D eigenvalue weighted by Gasteiger charge is -2.20. The molecule has 0 fully saturated rings. The number of nitrogens with zero attached hydrogens (tertiary/aromatic N) is 3. The monoisotopic (exact) mass is 250 g/mol. The van der Waals surface area contributed by atoms with Crippen molar-refractivity contribution in [3.8, 4) is 0 Å². The van der Waals surface area contributed by atoms with Gasteiger partial charge in [-0.3, -0.25) is 0 Å². The normalized spacial score (nSPS) is 12.8. The first kappa shape index (κ1) is 14.9. The molecule has 0 radical (unpaired) electrons. The third kappa shape index (κ3) is 5.00. The largest absolute Gasteiger partial charge is 0.344 e. The smallest absolute Gasteiger partial charge is 0.225 e. The lowest BCUT2D eigenvalue weighted by molar-refractivity contribution is 0.554. The third-order valence-electron chi connectivity index (χ3n) is 3.03. The zero-order valence-corrected chi connectivity index (χ0v) is 12.3.